The Morgan fingerprint density at radius 2 is 1.30 bits per heavy atom. The van der Waals surface area contributed by atoms with Gasteiger partial charge in [0.2, 0.25) is 0 Å². The molecule has 132 valence electrons. The number of anilines is 1. The van der Waals surface area contributed by atoms with Crippen LogP contribution in [-0.2, 0) is 30.4 Å². The van der Waals surface area contributed by atoms with Gasteiger partial charge >= 0.3 is 0 Å². The highest BCUT2D eigenvalue weighted by atomic mass is 32.2. The molecule has 13 heteroatoms. The summed E-state index contributed by atoms with van der Waals surface area (Å²) in [5, 5.41) is 0. The lowest BCUT2D eigenvalue weighted by Gasteiger charge is -2.24. The van der Waals surface area contributed by atoms with E-state index in [0.29, 0.717) is 0 Å². The van der Waals surface area contributed by atoms with Crippen LogP contribution in [0.5, 0.6) is 0 Å². The van der Waals surface area contributed by atoms with E-state index in [0.717, 1.165) is 17.0 Å². The lowest BCUT2D eigenvalue weighted by atomic mass is 10.3. The zero-order valence-corrected chi connectivity index (χ0v) is 14.1. The maximum absolute atomic E-state index is 11.1. The molecule has 0 atom stereocenters. The first-order valence-electron chi connectivity index (χ1n) is 6.01. The Balaban J connectivity index is 3.12. The second-order valence-corrected chi connectivity index (χ2v) is 9.10. The highest BCUT2D eigenvalue weighted by Crippen LogP contribution is 2.19. The van der Waals surface area contributed by atoms with E-state index in [1.54, 1.807) is 0 Å². The first-order valence-corrected chi connectivity index (χ1v) is 10.7. The van der Waals surface area contributed by atoms with Crippen LogP contribution in [0.25, 0.3) is 0 Å². The van der Waals surface area contributed by atoms with Crippen LogP contribution in [0.1, 0.15) is 0 Å². The van der Waals surface area contributed by atoms with Crippen molar-refractivity contribution in [3.63, 3.8) is 0 Å². The molecule has 23 heavy (non-hydrogen) atoms. The quantitative estimate of drug-likeness (QED) is 0.494. The van der Waals surface area contributed by atoms with Crippen molar-refractivity contribution in [2.24, 2.45) is 0 Å². The van der Waals surface area contributed by atoms with Crippen molar-refractivity contribution in [2.45, 2.75) is 4.90 Å². The van der Waals surface area contributed by atoms with Crippen LogP contribution in [0.15, 0.2) is 29.2 Å². The molecule has 0 radical (unpaired) electrons. The summed E-state index contributed by atoms with van der Waals surface area (Å²) in [4.78, 5) is 0.662. The van der Waals surface area contributed by atoms with E-state index in [9.17, 15) is 25.3 Å². The first-order chi connectivity index (χ1) is 10.3. The van der Waals surface area contributed by atoms with E-state index >= 15 is 0 Å². The zero-order chi connectivity index (χ0) is 17.9. The summed E-state index contributed by atoms with van der Waals surface area (Å²) in [6.07, 6.45) is 0. The Morgan fingerprint density at radius 3 is 1.70 bits per heavy atom. The number of benzene rings is 1. The average molecular weight is 389 g/mol. The van der Waals surface area contributed by atoms with Crippen molar-refractivity contribution in [3.8, 4) is 0 Å². The summed E-state index contributed by atoms with van der Waals surface area (Å²) in [7, 11) is -13.2. The summed E-state index contributed by atoms with van der Waals surface area (Å²) in [5.41, 5.74) is 0.0902. The monoisotopic (exact) mass is 389 g/mol. The Hall–Kier alpha value is -1.25. The molecule has 0 saturated carbocycles. The molecule has 0 aliphatic rings. The zero-order valence-electron chi connectivity index (χ0n) is 11.6. The number of rotatable bonds is 8. The van der Waals surface area contributed by atoms with Gasteiger partial charge in [0.15, 0.2) is 0 Å². The Morgan fingerprint density at radius 1 is 0.826 bits per heavy atom. The van der Waals surface area contributed by atoms with Gasteiger partial charge in [-0.2, -0.15) is 25.3 Å². The molecule has 0 spiro atoms. The smallest absolute Gasteiger partial charge is 0.294 e. The molecule has 0 aliphatic heterocycles. The number of nitrogens with zero attached hydrogens (tertiary/aromatic N) is 1. The second kappa shape index (κ2) is 7.11. The molecule has 0 saturated heterocycles. The standard InChI is InChI=1S/C10H15NO9S3/c12-21(13,14)6-4-11(5-7-22(15,16)17)9-2-1-3-10(8-9)23(18,19)20/h1-3,8H,4-7H2,(H,12,13,14)(H,15,16,17)(H,18,19,20). The van der Waals surface area contributed by atoms with Crippen molar-refractivity contribution in [2.75, 3.05) is 29.5 Å². The minimum Gasteiger partial charge on any atom is -0.369 e. The van der Waals surface area contributed by atoms with E-state index in [-0.39, 0.29) is 18.8 Å². The molecule has 10 nitrogen and oxygen atoms in total. The van der Waals surface area contributed by atoms with Gasteiger partial charge in [-0.25, -0.2) is 0 Å². The van der Waals surface area contributed by atoms with Crippen molar-refractivity contribution in [3.05, 3.63) is 24.3 Å². The van der Waals surface area contributed by atoms with Crippen LogP contribution in [-0.4, -0.2) is 63.5 Å². The van der Waals surface area contributed by atoms with Crippen LogP contribution >= 0.6 is 0 Å². The summed E-state index contributed by atoms with van der Waals surface area (Å²) in [6.45, 7) is -0.716. The third-order valence-corrected chi connectivity index (χ3v) is 4.97. The van der Waals surface area contributed by atoms with E-state index in [4.69, 9.17) is 13.7 Å². The molecule has 0 bridgehead atoms. The van der Waals surface area contributed by atoms with Gasteiger partial charge in [0, 0.05) is 18.8 Å². The summed E-state index contributed by atoms with van der Waals surface area (Å²) < 4.78 is 92.0. The van der Waals surface area contributed by atoms with Gasteiger partial charge in [-0.05, 0) is 18.2 Å². The predicted molar refractivity (Wildman–Crippen MR) is 81.3 cm³/mol. The van der Waals surface area contributed by atoms with E-state index in [1.807, 2.05) is 0 Å². The van der Waals surface area contributed by atoms with Crippen LogP contribution < -0.4 is 4.90 Å². The first kappa shape index (κ1) is 19.8. The van der Waals surface area contributed by atoms with Crippen LogP contribution in [0.2, 0.25) is 0 Å². The Kier molecular flexibility index (Phi) is 6.12. The molecule has 1 rings (SSSR count). The highest BCUT2D eigenvalue weighted by Gasteiger charge is 2.17. The fraction of sp³-hybridized carbons (Fsp3) is 0.400. The second-order valence-electron chi connectivity index (χ2n) is 4.53. The maximum atomic E-state index is 11.1. The average Bonchev–Trinajstić information content (AvgIpc) is 2.35. The van der Waals surface area contributed by atoms with Crippen LogP contribution in [0, 0.1) is 0 Å². The predicted octanol–water partition coefficient (Wildman–Crippen LogP) is -0.485. The van der Waals surface area contributed by atoms with Crippen molar-refractivity contribution < 1.29 is 38.9 Å². The van der Waals surface area contributed by atoms with Gasteiger partial charge in [-0.1, -0.05) is 6.07 Å². The fourth-order valence-electron chi connectivity index (χ4n) is 1.66. The molecular formula is C10H15NO9S3. The van der Waals surface area contributed by atoms with E-state index < -0.39 is 46.8 Å². The van der Waals surface area contributed by atoms with Gasteiger partial charge in [-0.3, -0.25) is 13.7 Å². The van der Waals surface area contributed by atoms with E-state index in [2.05, 4.69) is 0 Å². The topological polar surface area (TPSA) is 166 Å². The SMILES string of the molecule is O=S(=O)(O)CCN(CCS(=O)(=O)O)c1cccc(S(=O)(=O)O)c1. The third-order valence-electron chi connectivity index (χ3n) is 2.72. The Labute approximate surface area is 134 Å². The summed E-state index contributed by atoms with van der Waals surface area (Å²) in [5.74, 6) is -1.48. The molecule has 3 N–H and O–H groups in total. The third kappa shape index (κ3) is 7.71. The fourth-order valence-corrected chi connectivity index (χ4v) is 3.08. The molecule has 1 aromatic carbocycles. The van der Waals surface area contributed by atoms with Gasteiger partial charge in [0.25, 0.3) is 30.4 Å². The van der Waals surface area contributed by atoms with Crippen molar-refractivity contribution in [1.29, 1.82) is 0 Å². The maximum Gasteiger partial charge on any atom is 0.294 e. The molecule has 0 aliphatic carbocycles. The van der Waals surface area contributed by atoms with Gasteiger partial charge in [0.05, 0.1) is 16.4 Å². The van der Waals surface area contributed by atoms with Crippen LogP contribution in [0.4, 0.5) is 5.69 Å². The lowest BCUT2D eigenvalue weighted by Crippen LogP contribution is -2.33. The van der Waals surface area contributed by atoms with Gasteiger partial charge in [-0.15, -0.1) is 0 Å². The number of hydrogen-bond donors (Lipinski definition) is 3. The van der Waals surface area contributed by atoms with Gasteiger partial charge in [0.1, 0.15) is 0 Å². The molecule has 0 amide bonds. The molecular weight excluding hydrogens is 374 g/mol. The molecule has 0 heterocycles. The minimum atomic E-state index is -4.51. The molecule has 0 unspecified atom stereocenters. The molecule has 0 fully saturated rings. The van der Waals surface area contributed by atoms with Crippen molar-refractivity contribution >= 4 is 36.0 Å². The van der Waals surface area contributed by atoms with E-state index in [1.165, 1.54) is 12.1 Å². The normalized spacial score (nSPS) is 13.0. The largest absolute Gasteiger partial charge is 0.369 e. The highest BCUT2D eigenvalue weighted by molar-refractivity contribution is 7.86. The number of hydrogen-bond acceptors (Lipinski definition) is 7. The van der Waals surface area contributed by atoms with Gasteiger partial charge < -0.3 is 4.90 Å². The lowest BCUT2D eigenvalue weighted by molar-refractivity contribution is 0.478. The van der Waals surface area contributed by atoms with Crippen LogP contribution in [0.3, 0.4) is 0 Å². The minimum absolute atomic E-state index is 0.0902. The van der Waals surface area contributed by atoms with Crippen molar-refractivity contribution in [1.82, 2.24) is 0 Å². The molecule has 1 aromatic rings. The summed E-state index contributed by atoms with van der Waals surface area (Å²) in [6, 6.07) is 4.70. The summed E-state index contributed by atoms with van der Waals surface area (Å²) >= 11 is 0. The molecule has 0 aromatic heterocycles. The Bertz CT molecular complexity index is 823.